The smallest absolute Gasteiger partial charge is 0.244 e. The zero-order valence-corrected chi connectivity index (χ0v) is 13.2. The highest BCUT2D eigenvalue weighted by Gasteiger charge is 2.22. The Hall–Kier alpha value is -1.60. The van der Waals surface area contributed by atoms with Gasteiger partial charge in [-0.1, -0.05) is 12.1 Å². The lowest BCUT2D eigenvalue weighted by Gasteiger charge is -2.18. The highest BCUT2D eigenvalue weighted by atomic mass is 32.2. The molecule has 1 aromatic carbocycles. The number of benzene rings is 1. The zero-order chi connectivity index (χ0) is 15.5. The summed E-state index contributed by atoms with van der Waals surface area (Å²) in [5, 5.41) is 2.95. The van der Waals surface area contributed by atoms with Crippen molar-refractivity contribution in [2.75, 3.05) is 39.0 Å². The van der Waals surface area contributed by atoms with E-state index in [0.717, 1.165) is 30.2 Å². The highest BCUT2D eigenvalue weighted by Crippen LogP contribution is 2.23. The predicted octanol–water partition coefficient (Wildman–Crippen LogP) is 0.971. The maximum absolute atomic E-state index is 12.2. The number of nitrogens with one attached hydrogen (secondary N) is 1. The Morgan fingerprint density at radius 3 is 2.48 bits per heavy atom. The van der Waals surface area contributed by atoms with Crippen molar-refractivity contribution in [3.63, 3.8) is 0 Å². The van der Waals surface area contributed by atoms with Gasteiger partial charge in [-0.15, -0.1) is 0 Å². The molecular weight excluding hydrogens is 290 g/mol. The quantitative estimate of drug-likeness (QED) is 0.880. The first-order valence-electron chi connectivity index (χ1n) is 6.96. The molecule has 7 heteroatoms. The van der Waals surface area contributed by atoms with Crippen LogP contribution >= 0.6 is 0 Å². The molecule has 1 heterocycles. The number of hydrogen-bond donors (Lipinski definition) is 1. The minimum absolute atomic E-state index is 0.00422. The highest BCUT2D eigenvalue weighted by molar-refractivity contribution is 7.89. The van der Waals surface area contributed by atoms with Gasteiger partial charge in [0.05, 0.1) is 12.2 Å². The van der Waals surface area contributed by atoms with Gasteiger partial charge in [0.15, 0.2) is 0 Å². The first-order valence-corrected chi connectivity index (χ1v) is 8.40. The van der Waals surface area contributed by atoms with E-state index in [9.17, 15) is 13.2 Å². The fourth-order valence-electron chi connectivity index (χ4n) is 2.28. The van der Waals surface area contributed by atoms with Crippen LogP contribution in [0, 0.1) is 0 Å². The fourth-order valence-corrected chi connectivity index (χ4v) is 3.35. The van der Waals surface area contributed by atoms with Crippen molar-refractivity contribution in [1.29, 1.82) is 0 Å². The molecular formula is C14H21N3O3S. The van der Waals surface area contributed by atoms with Gasteiger partial charge in [-0.3, -0.25) is 4.79 Å². The Bertz CT molecular complexity index is 608. The van der Waals surface area contributed by atoms with Crippen LogP contribution in [0.1, 0.15) is 12.8 Å². The molecule has 1 N–H and O–H groups in total. The molecule has 2 rings (SSSR count). The third kappa shape index (κ3) is 3.54. The number of carbonyl (C=O) groups excluding carboxylic acids is 1. The second-order valence-electron chi connectivity index (χ2n) is 5.23. The number of likely N-dealkylation sites (tertiary alicyclic amines) is 1. The average molecular weight is 311 g/mol. The molecule has 1 amide bonds. The van der Waals surface area contributed by atoms with Crippen molar-refractivity contribution < 1.29 is 13.2 Å². The van der Waals surface area contributed by atoms with E-state index in [0.29, 0.717) is 5.69 Å². The summed E-state index contributed by atoms with van der Waals surface area (Å²) in [6.07, 6.45) is 2.08. The van der Waals surface area contributed by atoms with Crippen molar-refractivity contribution in [1.82, 2.24) is 9.21 Å². The summed E-state index contributed by atoms with van der Waals surface area (Å²) in [6, 6.07) is 6.63. The summed E-state index contributed by atoms with van der Waals surface area (Å²) >= 11 is 0. The van der Waals surface area contributed by atoms with Crippen molar-refractivity contribution in [2.24, 2.45) is 0 Å². The van der Waals surface area contributed by atoms with Gasteiger partial charge in [0.25, 0.3) is 0 Å². The van der Waals surface area contributed by atoms with Crippen molar-refractivity contribution >= 4 is 21.6 Å². The normalized spacial score (nSPS) is 15.5. The molecule has 116 valence electrons. The number of anilines is 1. The summed E-state index contributed by atoms with van der Waals surface area (Å²) in [4.78, 5) is 14.0. The minimum Gasteiger partial charge on any atom is -0.375 e. The van der Waals surface area contributed by atoms with E-state index >= 15 is 0 Å². The number of amides is 1. The molecule has 21 heavy (non-hydrogen) atoms. The average Bonchev–Trinajstić information content (AvgIpc) is 2.99. The molecule has 0 unspecified atom stereocenters. The molecule has 1 fully saturated rings. The van der Waals surface area contributed by atoms with Crippen LogP contribution in [0.5, 0.6) is 0 Å². The van der Waals surface area contributed by atoms with Crippen LogP contribution < -0.4 is 5.32 Å². The number of para-hydroxylation sites is 1. The Balaban J connectivity index is 2.12. The molecule has 6 nitrogen and oxygen atoms in total. The molecule has 1 aliphatic heterocycles. The first-order chi connectivity index (χ1) is 9.93. The predicted molar refractivity (Wildman–Crippen MR) is 81.6 cm³/mol. The molecule has 1 saturated heterocycles. The van der Waals surface area contributed by atoms with E-state index in [1.165, 1.54) is 20.2 Å². The third-order valence-corrected chi connectivity index (χ3v) is 5.41. The van der Waals surface area contributed by atoms with E-state index in [2.05, 4.69) is 5.32 Å². The molecule has 0 spiro atoms. The molecule has 0 bridgehead atoms. The SMILES string of the molecule is CN(C)S(=O)(=O)c1ccccc1NCC(=O)N1CCCC1. The summed E-state index contributed by atoms with van der Waals surface area (Å²) in [5.74, 6) is 0.00422. The van der Waals surface area contributed by atoms with E-state index in [4.69, 9.17) is 0 Å². The largest absolute Gasteiger partial charge is 0.375 e. The van der Waals surface area contributed by atoms with Crippen LogP contribution in [0.4, 0.5) is 5.69 Å². The van der Waals surface area contributed by atoms with Gasteiger partial charge < -0.3 is 10.2 Å². The molecule has 0 aliphatic carbocycles. The topological polar surface area (TPSA) is 69.7 Å². The monoisotopic (exact) mass is 311 g/mol. The van der Waals surface area contributed by atoms with E-state index in [1.54, 1.807) is 23.1 Å². The van der Waals surface area contributed by atoms with Gasteiger partial charge in [-0.2, -0.15) is 0 Å². The van der Waals surface area contributed by atoms with E-state index < -0.39 is 10.0 Å². The van der Waals surface area contributed by atoms with Crippen LogP contribution in [-0.2, 0) is 14.8 Å². The van der Waals surface area contributed by atoms with Gasteiger partial charge >= 0.3 is 0 Å². The standard InChI is InChI=1S/C14H21N3O3S/c1-16(2)21(19,20)13-8-4-3-7-12(13)15-11-14(18)17-9-5-6-10-17/h3-4,7-8,15H,5-6,9-11H2,1-2H3. The molecule has 0 aromatic heterocycles. The van der Waals surface area contributed by atoms with Gasteiger partial charge in [-0.05, 0) is 25.0 Å². The second-order valence-corrected chi connectivity index (χ2v) is 7.35. The third-order valence-electron chi connectivity index (χ3n) is 3.53. The summed E-state index contributed by atoms with van der Waals surface area (Å²) in [6.45, 7) is 1.69. The second kappa shape index (κ2) is 6.44. The first kappa shape index (κ1) is 15.8. The fraction of sp³-hybridized carbons (Fsp3) is 0.500. The minimum atomic E-state index is -3.53. The Kier molecular flexibility index (Phi) is 4.84. The Labute approximate surface area is 125 Å². The van der Waals surface area contributed by atoms with Gasteiger partial charge in [0.1, 0.15) is 4.90 Å². The van der Waals surface area contributed by atoms with E-state index in [1.807, 2.05) is 0 Å². The van der Waals surface area contributed by atoms with Crippen LogP contribution in [0.3, 0.4) is 0 Å². The number of rotatable bonds is 5. The summed E-state index contributed by atoms with van der Waals surface area (Å²) < 4.78 is 25.7. The molecule has 1 aromatic rings. The maximum atomic E-state index is 12.2. The molecule has 0 radical (unpaired) electrons. The van der Waals surface area contributed by atoms with Crippen molar-refractivity contribution in [3.8, 4) is 0 Å². The van der Waals surface area contributed by atoms with Crippen molar-refractivity contribution in [3.05, 3.63) is 24.3 Å². The zero-order valence-electron chi connectivity index (χ0n) is 12.4. The van der Waals surface area contributed by atoms with Gasteiger partial charge in [-0.25, -0.2) is 12.7 Å². The molecule has 0 saturated carbocycles. The van der Waals surface area contributed by atoms with Crippen LogP contribution in [-0.4, -0.2) is 57.3 Å². The lowest BCUT2D eigenvalue weighted by molar-refractivity contribution is -0.128. The molecule has 1 aliphatic rings. The van der Waals surface area contributed by atoms with Crippen molar-refractivity contribution in [2.45, 2.75) is 17.7 Å². The molecule has 0 atom stereocenters. The van der Waals surface area contributed by atoms with Crippen LogP contribution in [0.25, 0.3) is 0 Å². The lowest BCUT2D eigenvalue weighted by atomic mass is 10.3. The number of sulfonamides is 1. The van der Waals surface area contributed by atoms with Gasteiger partial charge in [0, 0.05) is 27.2 Å². The summed E-state index contributed by atoms with van der Waals surface area (Å²) in [5.41, 5.74) is 0.457. The van der Waals surface area contributed by atoms with Gasteiger partial charge in [0.2, 0.25) is 15.9 Å². The maximum Gasteiger partial charge on any atom is 0.244 e. The van der Waals surface area contributed by atoms with Crippen LogP contribution in [0.15, 0.2) is 29.2 Å². The number of carbonyl (C=O) groups is 1. The van der Waals surface area contributed by atoms with E-state index in [-0.39, 0.29) is 17.3 Å². The van der Waals surface area contributed by atoms with Crippen LogP contribution in [0.2, 0.25) is 0 Å². The lowest BCUT2D eigenvalue weighted by Crippen LogP contribution is -2.33. The Morgan fingerprint density at radius 2 is 1.86 bits per heavy atom. The Morgan fingerprint density at radius 1 is 1.24 bits per heavy atom. The number of nitrogens with zero attached hydrogens (tertiary/aromatic N) is 2. The number of hydrogen-bond acceptors (Lipinski definition) is 4. The summed E-state index contributed by atoms with van der Waals surface area (Å²) in [7, 11) is -0.553.